The maximum absolute atomic E-state index is 6.12. The summed E-state index contributed by atoms with van der Waals surface area (Å²) < 4.78 is 6.12. The van der Waals surface area contributed by atoms with Gasteiger partial charge in [-0.2, -0.15) is 0 Å². The average molecular weight is 198 g/mol. The fraction of sp³-hybridized carbons (Fsp3) is 0.818. The highest BCUT2D eigenvalue weighted by atomic mass is 28.4. The summed E-state index contributed by atoms with van der Waals surface area (Å²) in [5.74, 6) is 2.71. The van der Waals surface area contributed by atoms with E-state index >= 15 is 0 Å². The van der Waals surface area contributed by atoms with Gasteiger partial charge in [-0.1, -0.05) is 26.7 Å². The first-order chi connectivity index (χ1) is 5.95. The molecule has 0 aromatic rings. The molecule has 0 amide bonds. The van der Waals surface area contributed by atoms with Crippen molar-refractivity contribution < 1.29 is 4.43 Å². The van der Waals surface area contributed by atoms with Crippen LogP contribution in [-0.2, 0) is 4.43 Å². The van der Waals surface area contributed by atoms with Crippen molar-refractivity contribution in [2.45, 2.75) is 58.4 Å². The molecule has 13 heavy (non-hydrogen) atoms. The van der Waals surface area contributed by atoms with E-state index in [2.05, 4.69) is 26.7 Å². The van der Waals surface area contributed by atoms with Crippen molar-refractivity contribution in [2.24, 2.45) is 0 Å². The van der Waals surface area contributed by atoms with Crippen LogP contribution in [0.2, 0.25) is 18.1 Å². The Morgan fingerprint density at radius 1 is 1.15 bits per heavy atom. The standard InChI is InChI=1S/C11H22OSi/c1-7-11(5,6)12-13(8-2,9-3)10-4/h1H,8-10H2,2-6H3. The highest BCUT2D eigenvalue weighted by Gasteiger charge is 2.34. The van der Waals surface area contributed by atoms with Crippen LogP contribution in [0.1, 0.15) is 34.6 Å². The Balaban J connectivity index is 4.53. The van der Waals surface area contributed by atoms with Gasteiger partial charge in [0, 0.05) is 0 Å². The largest absolute Gasteiger partial charge is 0.401 e. The Bertz CT molecular complexity index is 178. The summed E-state index contributed by atoms with van der Waals surface area (Å²) in [6.45, 7) is 10.6. The monoisotopic (exact) mass is 198 g/mol. The quantitative estimate of drug-likeness (QED) is 0.486. The van der Waals surface area contributed by atoms with Gasteiger partial charge < -0.3 is 4.43 Å². The van der Waals surface area contributed by atoms with E-state index in [0.29, 0.717) is 0 Å². The van der Waals surface area contributed by atoms with Crippen LogP contribution < -0.4 is 0 Å². The molecule has 0 saturated heterocycles. The molecule has 0 saturated carbocycles. The number of terminal acetylenes is 1. The molecule has 0 aromatic heterocycles. The molecule has 0 rings (SSSR count). The molecule has 0 radical (unpaired) electrons. The zero-order chi connectivity index (χ0) is 10.5. The number of hydrogen-bond acceptors (Lipinski definition) is 1. The number of rotatable bonds is 5. The van der Waals surface area contributed by atoms with Gasteiger partial charge in [0.05, 0.1) is 0 Å². The summed E-state index contributed by atoms with van der Waals surface area (Å²) >= 11 is 0. The van der Waals surface area contributed by atoms with Crippen molar-refractivity contribution in [3.63, 3.8) is 0 Å². The molecule has 2 heteroatoms. The minimum atomic E-state index is -1.52. The lowest BCUT2D eigenvalue weighted by molar-refractivity contribution is 0.157. The summed E-state index contributed by atoms with van der Waals surface area (Å²) in [4.78, 5) is 0. The predicted octanol–water partition coefficient (Wildman–Crippen LogP) is 3.42. The van der Waals surface area contributed by atoms with Gasteiger partial charge in [-0.15, -0.1) is 6.42 Å². The van der Waals surface area contributed by atoms with E-state index in [0.717, 1.165) is 18.1 Å². The van der Waals surface area contributed by atoms with E-state index in [-0.39, 0.29) is 5.60 Å². The SMILES string of the molecule is C#CC(C)(C)O[Si](CC)(CC)CC. The average Bonchev–Trinajstić information content (AvgIpc) is 2.14. The maximum atomic E-state index is 6.12. The van der Waals surface area contributed by atoms with Crippen molar-refractivity contribution in [1.29, 1.82) is 0 Å². The molecule has 0 bridgehead atoms. The van der Waals surface area contributed by atoms with Gasteiger partial charge in [-0.3, -0.25) is 0 Å². The molecule has 0 aliphatic rings. The summed E-state index contributed by atoms with van der Waals surface area (Å²) in [7, 11) is -1.52. The van der Waals surface area contributed by atoms with Crippen LogP contribution in [0.3, 0.4) is 0 Å². The summed E-state index contributed by atoms with van der Waals surface area (Å²) in [6, 6.07) is 3.47. The third-order valence-electron chi connectivity index (χ3n) is 2.75. The molecule has 0 N–H and O–H groups in total. The van der Waals surface area contributed by atoms with Crippen LogP contribution in [0.5, 0.6) is 0 Å². The fourth-order valence-electron chi connectivity index (χ4n) is 1.54. The normalized spacial score (nSPS) is 12.6. The van der Waals surface area contributed by atoms with Crippen molar-refractivity contribution in [1.82, 2.24) is 0 Å². The Hall–Kier alpha value is -0.263. The van der Waals surface area contributed by atoms with Gasteiger partial charge in [0.1, 0.15) is 5.60 Å². The first-order valence-electron chi connectivity index (χ1n) is 5.13. The lowest BCUT2D eigenvalue weighted by Gasteiger charge is -2.35. The van der Waals surface area contributed by atoms with Gasteiger partial charge >= 0.3 is 0 Å². The molecule has 0 spiro atoms. The second kappa shape index (κ2) is 4.83. The molecular formula is C11H22OSi. The first-order valence-corrected chi connectivity index (χ1v) is 7.66. The van der Waals surface area contributed by atoms with Crippen molar-refractivity contribution >= 4 is 8.32 Å². The van der Waals surface area contributed by atoms with Gasteiger partial charge in [0.2, 0.25) is 0 Å². The minimum Gasteiger partial charge on any atom is -0.401 e. The zero-order valence-electron chi connectivity index (χ0n) is 9.61. The van der Waals surface area contributed by atoms with Crippen LogP contribution in [0.15, 0.2) is 0 Å². The van der Waals surface area contributed by atoms with E-state index < -0.39 is 8.32 Å². The van der Waals surface area contributed by atoms with Crippen LogP contribution in [-0.4, -0.2) is 13.9 Å². The third-order valence-corrected chi connectivity index (χ3v) is 7.56. The van der Waals surface area contributed by atoms with E-state index in [9.17, 15) is 0 Å². The molecule has 76 valence electrons. The van der Waals surface area contributed by atoms with Gasteiger partial charge in [0.25, 0.3) is 0 Å². The maximum Gasteiger partial charge on any atom is 0.194 e. The molecule has 0 aromatic carbocycles. The zero-order valence-corrected chi connectivity index (χ0v) is 10.6. The van der Waals surface area contributed by atoms with E-state index in [1.54, 1.807) is 0 Å². The van der Waals surface area contributed by atoms with Crippen LogP contribution >= 0.6 is 0 Å². The second-order valence-electron chi connectivity index (χ2n) is 4.00. The van der Waals surface area contributed by atoms with Crippen molar-refractivity contribution in [3.8, 4) is 12.3 Å². The summed E-state index contributed by atoms with van der Waals surface area (Å²) in [6.07, 6.45) is 5.42. The molecule has 0 unspecified atom stereocenters. The smallest absolute Gasteiger partial charge is 0.194 e. The summed E-state index contributed by atoms with van der Waals surface area (Å²) in [5.41, 5.74) is -0.381. The second-order valence-corrected chi connectivity index (χ2v) is 8.69. The van der Waals surface area contributed by atoms with Gasteiger partial charge in [-0.25, -0.2) is 0 Å². The Kier molecular flexibility index (Phi) is 4.73. The van der Waals surface area contributed by atoms with E-state index in [1.165, 1.54) is 0 Å². The molecule has 0 aliphatic carbocycles. The summed E-state index contributed by atoms with van der Waals surface area (Å²) in [5, 5.41) is 0. The Labute approximate surface area is 84.0 Å². The molecule has 0 aliphatic heterocycles. The highest BCUT2D eigenvalue weighted by Crippen LogP contribution is 2.27. The van der Waals surface area contributed by atoms with Crippen molar-refractivity contribution in [3.05, 3.63) is 0 Å². The fourth-order valence-corrected chi connectivity index (χ4v) is 4.61. The van der Waals surface area contributed by atoms with Crippen molar-refractivity contribution in [2.75, 3.05) is 0 Å². The first kappa shape index (κ1) is 12.7. The van der Waals surface area contributed by atoms with Crippen LogP contribution in [0.25, 0.3) is 0 Å². The Morgan fingerprint density at radius 2 is 1.54 bits per heavy atom. The lowest BCUT2D eigenvalue weighted by atomic mass is 10.2. The Morgan fingerprint density at radius 3 is 1.77 bits per heavy atom. The topological polar surface area (TPSA) is 9.23 Å². The van der Waals surface area contributed by atoms with Gasteiger partial charge in [-0.05, 0) is 32.0 Å². The molecule has 0 atom stereocenters. The minimum absolute atomic E-state index is 0.381. The highest BCUT2D eigenvalue weighted by molar-refractivity contribution is 6.73. The predicted molar refractivity (Wildman–Crippen MR) is 61.2 cm³/mol. The van der Waals surface area contributed by atoms with Crippen LogP contribution in [0, 0.1) is 12.3 Å². The lowest BCUT2D eigenvalue weighted by Crippen LogP contribution is -2.43. The van der Waals surface area contributed by atoms with E-state index in [1.807, 2.05) is 13.8 Å². The van der Waals surface area contributed by atoms with E-state index in [4.69, 9.17) is 10.8 Å². The third kappa shape index (κ3) is 3.54. The van der Waals surface area contributed by atoms with Crippen LogP contribution in [0.4, 0.5) is 0 Å². The molecular weight excluding hydrogens is 176 g/mol. The molecule has 0 fully saturated rings. The number of hydrogen-bond donors (Lipinski definition) is 0. The molecule has 0 heterocycles. The van der Waals surface area contributed by atoms with Gasteiger partial charge in [0.15, 0.2) is 8.32 Å². The molecule has 1 nitrogen and oxygen atoms in total.